The highest BCUT2D eigenvalue weighted by Gasteiger charge is 2.09. The van der Waals surface area contributed by atoms with Gasteiger partial charge in [-0.1, -0.05) is 0 Å². The van der Waals surface area contributed by atoms with Gasteiger partial charge in [0.2, 0.25) is 11.8 Å². The van der Waals surface area contributed by atoms with Crippen molar-refractivity contribution < 1.29 is 23.1 Å². The highest BCUT2D eigenvalue weighted by atomic mass is 19.1. The number of esters is 1. The average Bonchev–Trinajstić information content (AvgIpc) is 2.94. The van der Waals surface area contributed by atoms with Crippen molar-refractivity contribution in [3.8, 4) is 11.3 Å². The molecule has 0 spiro atoms. The monoisotopic (exact) mass is 306 g/mol. The third kappa shape index (κ3) is 4.69. The summed E-state index contributed by atoms with van der Waals surface area (Å²) in [7, 11) is 0. The van der Waals surface area contributed by atoms with Crippen LogP contribution in [0.1, 0.15) is 19.2 Å². The molecule has 7 heteroatoms. The van der Waals surface area contributed by atoms with E-state index >= 15 is 0 Å². The maximum absolute atomic E-state index is 12.8. The highest BCUT2D eigenvalue weighted by molar-refractivity contribution is 5.74. The number of rotatable bonds is 6. The molecule has 22 heavy (non-hydrogen) atoms. The van der Waals surface area contributed by atoms with E-state index in [1.807, 2.05) is 0 Å². The quantitative estimate of drug-likeness (QED) is 0.826. The molecule has 0 saturated carbocycles. The Morgan fingerprint density at radius 2 is 2.05 bits per heavy atom. The molecule has 0 atom stereocenters. The van der Waals surface area contributed by atoms with E-state index in [0.717, 1.165) is 0 Å². The molecule has 1 aromatic heterocycles. The number of hydrogen-bond donors (Lipinski definition) is 1. The first-order chi connectivity index (χ1) is 10.5. The van der Waals surface area contributed by atoms with Gasteiger partial charge in [-0.3, -0.25) is 9.59 Å². The Morgan fingerprint density at radius 3 is 2.73 bits per heavy atom. The molecule has 0 radical (unpaired) electrons. The predicted octanol–water partition coefficient (Wildman–Crippen LogP) is 2.05. The minimum absolute atomic E-state index is 0.0745. The Kier molecular flexibility index (Phi) is 5.24. The molecule has 0 aliphatic rings. The third-order valence-corrected chi connectivity index (χ3v) is 2.74. The van der Waals surface area contributed by atoms with Crippen LogP contribution >= 0.6 is 0 Å². The highest BCUT2D eigenvalue weighted by Crippen LogP contribution is 2.20. The van der Waals surface area contributed by atoms with E-state index in [9.17, 15) is 14.0 Å². The van der Waals surface area contributed by atoms with Gasteiger partial charge in [0.25, 0.3) is 0 Å². The molecule has 0 saturated heterocycles. The molecule has 1 heterocycles. The molecule has 0 aliphatic heterocycles. The van der Waals surface area contributed by atoms with Crippen molar-refractivity contribution in [1.82, 2.24) is 10.3 Å². The van der Waals surface area contributed by atoms with Crippen molar-refractivity contribution in [2.24, 2.45) is 0 Å². The van der Waals surface area contributed by atoms with Crippen molar-refractivity contribution in [3.05, 3.63) is 42.2 Å². The maximum Gasteiger partial charge on any atom is 0.308 e. The average molecular weight is 306 g/mol. The molecule has 0 unspecified atom stereocenters. The van der Waals surface area contributed by atoms with Crippen LogP contribution in [0, 0.1) is 5.82 Å². The number of amides is 1. The lowest BCUT2D eigenvalue weighted by molar-refractivity contribution is -0.145. The summed E-state index contributed by atoms with van der Waals surface area (Å²) in [6.07, 6.45) is 1.55. The van der Waals surface area contributed by atoms with Crippen molar-refractivity contribution in [3.63, 3.8) is 0 Å². The number of oxazole rings is 1. The van der Waals surface area contributed by atoms with Gasteiger partial charge in [-0.2, -0.15) is 0 Å². The van der Waals surface area contributed by atoms with Crippen LogP contribution in [0.15, 0.2) is 34.9 Å². The topological polar surface area (TPSA) is 81.4 Å². The lowest BCUT2D eigenvalue weighted by atomic mass is 10.2. The molecule has 0 bridgehead atoms. The van der Waals surface area contributed by atoms with E-state index in [4.69, 9.17) is 9.15 Å². The standard InChI is InChI=1S/C15H15FN2O4/c1-10(19)17-7-6-15(20)21-9-14-18-8-13(22-14)11-2-4-12(16)5-3-11/h2-5,8H,6-7,9H2,1H3,(H,17,19). The van der Waals surface area contributed by atoms with Crippen LogP contribution in [-0.2, 0) is 20.9 Å². The number of aromatic nitrogens is 1. The SMILES string of the molecule is CC(=O)NCCC(=O)OCc1ncc(-c2ccc(F)cc2)o1. The van der Waals surface area contributed by atoms with Gasteiger partial charge in [0.1, 0.15) is 5.82 Å². The summed E-state index contributed by atoms with van der Waals surface area (Å²) in [5, 5.41) is 2.50. The second kappa shape index (κ2) is 7.35. The molecular weight excluding hydrogens is 291 g/mol. The van der Waals surface area contributed by atoms with E-state index in [0.29, 0.717) is 11.3 Å². The summed E-state index contributed by atoms with van der Waals surface area (Å²) < 4.78 is 23.2. The number of nitrogens with zero attached hydrogens (tertiary/aromatic N) is 1. The second-order valence-corrected chi connectivity index (χ2v) is 4.52. The Bertz CT molecular complexity index is 652. The Labute approximate surface area is 126 Å². The molecule has 1 aromatic carbocycles. The van der Waals surface area contributed by atoms with E-state index in [2.05, 4.69) is 10.3 Å². The minimum atomic E-state index is -0.463. The molecule has 116 valence electrons. The summed E-state index contributed by atoms with van der Waals surface area (Å²) >= 11 is 0. The fourth-order valence-corrected chi connectivity index (χ4v) is 1.68. The summed E-state index contributed by atoms with van der Waals surface area (Å²) in [4.78, 5) is 26.1. The zero-order valence-electron chi connectivity index (χ0n) is 12.0. The lowest BCUT2D eigenvalue weighted by Gasteiger charge is -2.03. The van der Waals surface area contributed by atoms with Crippen LogP contribution in [-0.4, -0.2) is 23.4 Å². The van der Waals surface area contributed by atoms with Gasteiger partial charge in [0.15, 0.2) is 12.4 Å². The number of benzene rings is 1. The Morgan fingerprint density at radius 1 is 1.32 bits per heavy atom. The van der Waals surface area contributed by atoms with Gasteiger partial charge < -0.3 is 14.5 Å². The fourth-order valence-electron chi connectivity index (χ4n) is 1.68. The van der Waals surface area contributed by atoms with Crippen LogP contribution in [0.5, 0.6) is 0 Å². The van der Waals surface area contributed by atoms with E-state index in [1.54, 1.807) is 12.1 Å². The molecule has 2 rings (SSSR count). The summed E-state index contributed by atoms with van der Waals surface area (Å²) in [6.45, 7) is 1.50. The molecule has 1 N–H and O–H groups in total. The first-order valence-corrected chi connectivity index (χ1v) is 6.65. The van der Waals surface area contributed by atoms with Gasteiger partial charge >= 0.3 is 5.97 Å². The number of hydrogen-bond acceptors (Lipinski definition) is 5. The van der Waals surface area contributed by atoms with Crippen molar-refractivity contribution >= 4 is 11.9 Å². The molecule has 6 nitrogen and oxygen atoms in total. The van der Waals surface area contributed by atoms with E-state index in [1.165, 1.54) is 25.3 Å². The minimum Gasteiger partial charge on any atom is -0.456 e. The summed E-state index contributed by atoms with van der Waals surface area (Å²) in [6, 6.07) is 5.78. The zero-order chi connectivity index (χ0) is 15.9. The molecule has 2 aromatic rings. The van der Waals surface area contributed by atoms with E-state index in [-0.39, 0.29) is 37.2 Å². The maximum atomic E-state index is 12.8. The van der Waals surface area contributed by atoms with Crippen LogP contribution in [0.2, 0.25) is 0 Å². The Balaban J connectivity index is 1.83. The van der Waals surface area contributed by atoms with Gasteiger partial charge in [-0.25, -0.2) is 9.37 Å². The van der Waals surface area contributed by atoms with Crippen molar-refractivity contribution in [2.75, 3.05) is 6.54 Å². The van der Waals surface area contributed by atoms with Gasteiger partial charge in [-0.05, 0) is 24.3 Å². The van der Waals surface area contributed by atoms with Crippen LogP contribution < -0.4 is 5.32 Å². The zero-order valence-corrected chi connectivity index (χ0v) is 12.0. The lowest BCUT2D eigenvalue weighted by Crippen LogP contribution is -2.23. The van der Waals surface area contributed by atoms with Gasteiger partial charge in [0.05, 0.1) is 12.6 Å². The number of ether oxygens (including phenoxy) is 1. The molecule has 0 fully saturated rings. The van der Waals surface area contributed by atoms with Crippen LogP contribution in [0.4, 0.5) is 4.39 Å². The summed E-state index contributed by atoms with van der Waals surface area (Å²) in [5.41, 5.74) is 0.678. The van der Waals surface area contributed by atoms with Crippen LogP contribution in [0.25, 0.3) is 11.3 Å². The predicted molar refractivity (Wildman–Crippen MR) is 75.0 cm³/mol. The third-order valence-electron chi connectivity index (χ3n) is 2.74. The van der Waals surface area contributed by atoms with Gasteiger partial charge in [-0.15, -0.1) is 0 Å². The van der Waals surface area contributed by atoms with Gasteiger partial charge in [0, 0.05) is 19.0 Å². The Hall–Kier alpha value is -2.70. The number of carbonyl (C=O) groups excluding carboxylic acids is 2. The second-order valence-electron chi connectivity index (χ2n) is 4.52. The largest absolute Gasteiger partial charge is 0.456 e. The number of halogens is 1. The molecule has 0 aliphatic carbocycles. The number of carbonyl (C=O) groups is 2. The first-order valence-electron chi connectivity index (χ1n) is 6.65. The van der Waals surface area contributed by atoms with Crippen molar-refractivity contribution in [1.29, 1.82) is 0 Å². The normalized spacial score (nSPS) is 10.3. The fraction of sp³-hybridized carbons (Fsp3) is 0.267. The summed E-state index contributed by atoms with van der Waals surface area (Å²) in [5.74, 6) is -0.298. The molecular formula is C15H15FN2O4. The smallest absolute Gasteiger partial charge is 0.308 e. The molecule has 1 amide bonds. The van der Waals surface area contributed by atoms with E-state index < -0.39 is 5.97 Å². The number of nitrogens with one attached hydrogen (secondary N) is 1. The first kappa shape index (κ1) is 15.7. The van der Waals surface area contributed by atoms with Crippen LogP contribution in [0.3, 0.4) is 0 Å². The van der Waals surface area contributed by atoms with Crippen molar-refractivity contribution in [2.45, 2.75) is 20.0 Å².